The van der Waals surface area contributed by atoms with Crippen molar-refractivity contribution < 1.29 is 14.3 Å². The number of hydrogen-bond donors (Lipinski definition) is 1. The van der Waals surface area contributed by atoms with Gasteiger partial charge in [-0.05, 0) is 25.7 Å². The number of hydrogen-bond acceptors (Lipinski definition) is 3. The topological polar surface area (TPSA) is 58.6 Å². The lowest BCUT2D eigenvalue weighted by molar-refractivity contribution is -0.136. The summed E-state index contributed by atoms with van der Waals surface area (Å²) in [6.07, 6.45) is 2.14. The molecule has 0 saturated carbocycles. The van der Waals surface area contributed by atoms with Crippen LogP contribution < -0.4 is 5.32 Å². The highest BCUT2D eigenvalue weighted by Gasteiger charge is 2.27. The average molecular weight is 284 g/mol. The lowest BCUT2D eigenvalue weighted by Crippen LogP contribution is -2.43. The van der Waals surface area contributed by atoms with Gasteiger partial charge in [-0.25, -0.2) is 0 Å². The van der Waals surface area contributed by atoms with Gasteiger partial charge >= 0.3 is 0 Å². The number of amides is 2. The minimum absolute atomic E-state index is 0.0414. The summed E-state index contributed by atoms with van der Waals surface area (Å²) in [7, 11) is 0. The van der Waals surface area contributed by atoms with Gasteiger partial charge in [0.15, 0.2) is 0 Å². The van der Waals surface area contributed by atoms with Gasteiger partial charge in [0.25, 0.3) is 0 Å². The molecule has 116 valence electrons. The van der Waals surface area contributed by atoms with E-state index in [2.05, 4.69) is 19.2 Å². The summed E-state index contributed by atoms with van der Waals surface area (Å²) in [5, 5.41) is 2.90. The predicted octanol–water partition coefficient (Wildman–Crippen LogP) is 1.42. The molecular weight excluding hydrogens is 256 g/mol. The molecule has 1 saturated heterocycles. The van der Waals surface area contributed by atoms with Crippen LogP contribution in [0.3, 0.4) is 0 Å². The SMILES string of the molecule is CCOCCNC(=O)C1CCN(C(=O)CC(C)C)CC1. The first-order chi connectivity index (χ1) is 9.54. The Morgan fingerprint density at radius 2 is 1.95 bits per heavy atom. The number of likely N-dealkylation sites (tertiary alicyclic amines) is 1. The van der Waals surface area contributed by atoms with Gasteiger partial charge in [-0.3, -0.25) is 9.59 Å². The van der Waals surface area contributed by atoms with E-state index in [0.29, 0.717) is 45.2 Å². The highest BCUT2D eigenvalue weighted by atomic mass is 16.5. The van der Waals surface area contributed by atoms with E-state index in [-0.39, 0.29) is 17.7 Å². The van der Waals surface area contributed by atoms with Crippen LogP contribution in [0.4, 0.5) is 0 Å². The van der Waals surface area contributed by atoms with Crippen molar-refractivity contribution >= 4 is 11.8 Å². The van der Waals surface area contributed by atoms with Gasteiger partial charge in [-0.15, -0.1) is 0 Å². The second-order valence-electron chi connectivity index (χ2n) is 5.74. The Morgan fingerprint density at radius 3 is 2.50 bits per heavy atom. The van der Waals surface area contributed by atoms with Crippen LogP contribution >= 0.6 is 0 Å². The zero-order valence-corrected chi connectivity index (χ0v) is 13.0. The number of nitrogens with one attached hydrogen (secondary N) is 1. The Hall–Kier alpha value is -1.10. The standard InChI is InChI=1S/C15H28N2O3/c1-4-20-10-7-16-15(19)13-5-8-17(9-6-13)14(18)11-12(2)3/h12-13H,4-11H2,1-3H3,(H,16,19). The summed E-state index contributed by atoms with van der Waals surface area (Å²) in [5.74, 6) is 0.748. The molecule has 0 aromatic heterocycles. The maximum atomic E-state index is 11.9. The van der Waals surface area contributed by atoms with Gasteiger partial charge in [0.05, 0.1) is 6.61 Å². The Morgan fingerprint density at radius 1 is 1.30 bits per heavy atom. The first-order valence-electron chi connectivity index (χ1n) is 7.67. The fraction of sp³-hybridized carbons (Fsp3) is 0.867. The van der Waals surface area contributed by atoms with E-state index in [1.807, 2.05) is 11.8 Å². The summed E-state index contributed by atoms with van der Waals surface area (Å²) >= 11 is 0. The van der Waals surface area contributed by atoms with E-state index in [9.17, 15) is 9.59 Å². The molecule has 1 aliphatic heterocycles. The zero-order chi connectivity index (χ0) is 15.0. The molecule has 0 aliphatic carbocycles. The Kier molecular flexibility index (Phi) is 7.59. The van der Waals surface area contributed by atoms with Gasteiger partial charge in [-0.1, -0.05) is 13.8 Å². The fourth-order valence-electron chi connectivity index (χ4n) is 2.40. The molecule has 0 bridgehead atoms. The molecule has 1 N–H and O–H groups in total. The predicted molar refractivity (Wildman–Crippen MR) is 78.3 cm³/mol. The van der Waals surface area contributed by atoms with Gasteiger partial charge in [0.1, 0.15) is 0 Å². The molecule has 1 rings (SSSR count). The van der Waals surface area contributed by atoms with Crippen molar-refractivity contribution in [2.24, 2.45) is 11.8 Å². The Balaban J connectivity index is 2.24. The van der Waals surface area contributed by atoms with E-state index in [0.717, 1.165) is 12.8 Å². The van der Waals surface area contributed by atoms with E-state index >= 15 is 0 Å². The molecular formula is C15H28N2O3. The molecule has 1 fully saturated rings. The number of carbonyl (C=O) groups excluding carboxylic acids is 2. The van der Waals surface area contributed by atoms with Crippen LogP contribution in [0.25, 0.3) is 0 Å². The number of carbonyl (C=O) groups is 2. The van der Waals surface area contributed by atoms with Gasteiger partial charge < -0.3 is 15.0 Å². The van der Waals surface area contributed by atoms with Crippen LogP contribution in [-0.4, -0.2) is 49.6 Å². The first kappa shape index (κ1) is 17.0. The monoisotopic (exact) mass is 284 g/mol. The van der Waals surface area contributed by atoms with Gasteiger partial charge in [0.2, 0.25) is 11.8 Å². The summed E-state index contributed by atoms with van der Waals surface area (Å²) in [5.41, 5.74) is 0. The minimum Gasteiger partial charge on any atom is -0.380 e. The van der Waals surface area contributed by atoms with Crippen molar-refractivity contribution in [1.29, 1.82) is 0 Å². The largest absolute Gasteiger partial charge is 0.380 e. The van der Waals surface area contributed by atoms with Crippen molar-refractivity contribution in [3.63, 3.8) is 0 Å². The van der Waals surface area contributed by atoms with Crippen molar-refractivity contribution in [1.82, 2.24) is 10.2 Å². The van der Waals surface area contributed by atoms with E-state index in [1.54, 1.807) is 0 Å². The molecule has 20 heavy (non-hydrogen) atoms. The molecule has 0 unspecified atom stereocenters. The summed E-state index contributed by atoms with van der Waals surface area (Å²) in [4.78, 5) is 25.8. The number of rotatable bonds is 7. The van der Waals surface area contributed by atoms with Crippen LogP contribution in [0.5, 0.6) is 0 Å². The van der Waals surface area contributed by atoms with Gasteiger partial charge in [-0.2, -0.15) is 0 Å². The van der Waals surface area contributed by atoms with E-state index in [4.69, 9.17) is 4.74 Å². The Labute approximate surface area is 122 Å². The van der Waals surface area contributed by atoms with Crippen molar-refractivity contribution in [3.8, 4) is 0 Å². The van der Waals surface area contributed by atoms with E-state index < -0.39 is 0 Å². The lowest BCUT2D eigenvalue weighted by atomic mass is 9.95. The van der Waals surface area contributed by atoms with Crippen molar-refractivity contribution in [2.45, 2.75) is 40.0 Å². The summed E-state index contributed by atoms with van der Waals surface area (Å²) in [6.45, 7) is 9.25. The normalized spacial score (nSPS) is 16.5. The molecule has 1 aliphatic rings. The molecule has 2 amide bonds. The third-order valence-electron chi connectivity index (χ3n) is 3.55. The second-order valence-corrected chi connectivity index (χ2v) is 5.74. The van der Waals surface area contributed by atoms with Gasteiger partial charge in [0, 0.05) is 38.6 Å². The zero-order valence-electron chi connectivity index (χ0n) is 13.0. The quantitative estimate of drug-likeness (QED) is 0.719. The molecule has 0 aromatic rings. The third-order valence-corrected chi connectivity index (χ3v) is 3.55. The van der Waals surface area contributed by atoms with Crippen molar-refractivity contribution in [2.75, 3.05) is 32.8 Å². The number of ether oxygens (including phenoxy) is 1. The number of piperidine rings is 1. The van der Waals surface area contributed by atoms with Crippen LogP contribution in [0.2, 0.25) is 0 Å². The molecule has 0 aromatic carbocycles. The molecule has 5 nitrogen and oxygen atoms in total. The smallest absolute Gasteiger partial charge is 0.223 e. The van der Waals surface area contributed by atoms with E-state index in [1.165, 1.54) is 0 Å². The molecule has 5 heteroatoms. The summed E-state index contributed by atoms with van der Waals surface area (Å²) in [6, 6.07) is 0. The first-order valence-corrected chi connectivity index (χ1v) is 7.67. The number of nitrogens with zero attached hydrogens (tertiary/aromatic N) is 1. The summed E-state index contributed by atoms with van der Waals surface area (Å²) < 4.78 is 5.19. The minimum atomic E-state index is 0.0414. The maximum Gasteiger partial charge on any atom is 0.223 e. The Bertz CT molecular complexity index is 310. The fourth-order valence-corrected chi connectivity index (χ4v) is 2.40. The second kappa shape index (κ2) is 8.95. The van der Waals surface area contributed by atoms with Crippen LogP contribution in [0, 0.1) is 11.8 Å². The molecule has 0 radical (unpaired) electrons. The van der Waals surface area contributed by atoms with Crippen LogP contribution in [0.1, 0.15) is 40.0 Å². The third kappa shape index (κ3) is 5.90. The lowest BCUT2D eigenvalue weighted by Gasteiger charge is -2.31. The maximum absolute atomic E-state index is 11.9. The molecule has 0 atom stereocenters. The molecule has 0 spiro atoms. The van der Waals surface area contributed by atoms with Crippen molar-refractivity contribution in [3.05, 3.63) is 0 Å². The van der Waals surface area contributed by atoms with Crippen LogP contribution in [-0.2, 0) is 14.3 Å². The highest BCUT2D eigenvalue weighted by molar-refractivity contribution is 5.80. The average Bonchev–Trinajstić information content (AvgIpc) is 2.43. The highest BCUT2D eigenvalue weighted by Crippen LogP contribution is 2.18. The molecule has 1 heterocycles. The van der Waals surface area contributed by atoms with Crippen LogP contribution in [0.15, 0.2) is 0 Å².